The van der Waals surface area contributed by atoms with Gasteiger partial charge in [0.1, 0.15) is 11.6 Å². The lowest BCUT2D eigenvalue weighted by Crippen LogP contribution is -2.11. The highest BCUT2D eigenvalue weighted by molar-refractivity contribution is 5.41. The molecule has 0 amide bonds. The monoisotopic (exact) mass is 211 g/mol. The van der Waals surface area contributed by atoms with Gasteiger partial charge in [0.2, 0.25) is 0 Å². The molecule has 1 rings (SSSR count). The fraction of sp³-hybridized carbons (Fsp3) is 0.500. The van der Waals surface area contributed by atoms with Crippen LogP contribution in [0.25, 0.3) is 0 Å². The predicted octanol–water partition coefficient (Wildman–Crippen LogP) is 3.03. The molecule has 0 heterocycles. The Morgan fingerprint density at radius 2 is 2.13 bits per heavy atom. The molecule has 0 aliphatic heterocycles. The molecule has 0 aliphatic carbocycles. The van der Waals surface area contributed by atoms with E-state index in [1.165, 1.54) is 12.1 Å². The summed E-state index contributed by atoms with van der Waals surface area (Å²) in [6.07, 6.45) is 2.80. The van der Waals surface area contributed by atoms with Gasteiger partial charge in [0.25, 0.3) is 0 Å². The van der Waals surface area contributed by atoms with Gasteiger partial charge in [0, 0.05) is 11.6 Å². The van der Waals surface area contributed by atoms with E-state index in [4.69, 9.17) is 5.73 Å². The van der Waals surface area contributed by atoms with Crippen molar-refractivity contribution in [3.8, 4) is 5.75 Å². The average Bonchev–Trinajstić information content (AvgIpc) is 2.19. The van der Waals surface area contributed by atoms with E-state index in [2.05, 4.69) is 6.92 Å². The number of hydrogen-bond acceptors (Lipinski definition) is 2. The van der Waals surface area contributed by atoms with Gasteiger partial charge < -0.3 is 10.8 Å². The number of aromatic hydroxyl groups is 1. The molecular weight excluding hydrogens is 193 g/mol. The third-order valence-electron chi connectivity index (χ3n) is 2.56. The van der Waals surface area contributed by atoms with Crippen LogP contribution in [0.4, 0.5) is 4.39 Å². The molecule has 0 bridgehead atoms. The number of unbranched alkanes of at least 4 members (excludes halogenated alkanes) is 1. The van der Waals surface area contributed by atoms with E-state index in [0.29, 0.717) is 11.1 Å². The van der Waals surface area contributed by atoms with Gasteiger partial charge in [-0.3, -0.25) is 0 Å². The fourth-order valence-electron chi connectivity index (χ4n) is 1.62. The molecule has 1 atom stereocenters. The molecule has 1 aromatic carbocycles. The Labute approximate surface area is 89.9 Å². The third-order valence-corrected chi connectivity index (χ3v) is 2.56. The van der Waals surface area contributed by atoms with Gasteiger partial charge in [-0.1, -0.05) is 19.8 Å². The van der Waals surface area contributed by atoms with Crippen LogP contribution in [0, 0.1) is 12.7 Å². The van der Waals surface area contributed by atoms with Crippen molar-refractivity contribution in [1.82, 2.24) is 0 Å². The maximum absolute atomic E-state index is 13.1. The Hall–Kier alpha value is -1.09. The molecule has 3 N–H and O–H groups in total. The van der Waals surface area contributed by atoms with Gasteiger partial charge in [-0.2, -0.15) is 0 Å². The van der Waals surface area contributed by atoms with Crippen molar-refractivity contribution in [2.45, 2.75) is 39.2 Å². The first kappa shape index (κ1) is 12.0. The van der Waals surface area contributed by atoms with Gasteiger partial charge in [-0.05, 0) is 31.0 Å². The molecule has 0 saturated carbocycles. The van der Waals surface area contributed by atoms with Crippen LogP contribution >= 0.6 is 0 Å². The van der Waals surface area contributed by atoms with Gasteiger partial charge in [-0.15, -0.1) is 0 Å². The minimum Gasteiger partial charge on any atom is -0.507 e. The first-order chi connectivity index (χ1) is 7.06. The van der Waals surface area contributed by atoms with E-state index in [0.717, 1.165) is 19.3 Å². The summed E-state index contributed by atoms with van der Waals surface area (Å²) in [4.78, 5) is 0. The van der Waals surface area contributed by atoms with Crippen LogP contribution < -0.4 is 5.73 Å². The Morgan fingerprint density at radius 1 is 1.47 bits per heavy atom. The van der Waals surface area contributed by atoms with Crippen LogP contribution in [0.5, 0.6) is 5.75 Å². The second kappa shape index (κ2) is 5.12. The zero-order valence-electron chi connectivity index (χ0n) is 9.26. The summed E-state index contributed by atoms with van der Waals surface area (Å²) < 4.78 is 13.1. The number of aryl methyl sites for hydroxylation is 1. The summed E-state index contributed by atoms with van der Waals surface area (Å²) in [5.74, 6) is -0.216. The van der Waals surface area contributed by atoms with Crippen molar-refractivity contribution >= 4 is 0 Å². The van der Waals surface area contributed by atoms with Crippen LogP contribution in [0.3, 0.4) is 0 Å². The summed E-state index contributed by atoms with van der Waals surface area (Å²) in [6.45, 7) is 3.75. The van der Waals surface area contributed by atoms with Crippen LogP contribution in [-0.4, -0.2) is 5.11 Å². The summed E-state index contributed by atoms with van der Waals surface area (Å²) in [5.41, 5.74) is 6.95. The van der Waals surface area contributed by atoms with Gasteiger partial charge in [0.05, 0.1) is 0 Å². The molecule has 3 heteroatoms. The van der Waals surface area contributed by atoms with Gasteiger partial charge >= 0.3 is 0 Å². The number of halogens is 1. The second-order valence-corrected chi connectivity index (χ2v) is 3.91. The third kappa shape index (κ3) is 2.93. The molecular formula is C12H18FNO. The van der Waals surface area contributed by atoms with Crippen LogP contribution in [-0.2, 0) is 0 Å². The lowest BCUT2D eigenvalue weighted by atomic mass is 9.99. The molecule has 2 nitrogen and oxygen atoms in total. The number of benzene rings is 1. The summed E-state index contributed by atoms with van der Waals surface area (Å²) in [5, 5.41) is 9.75. The minimum atomic E-state index is -0.341. The number of nitrogens with two attached hydrogens (primary N) is 1. The summed E-state index contributed by atoms with van der Waals surface area (Å²) >= 11 is 0. The van der Waals surface area contributed by atoms with E-state index in [9.17, 15) is 9.50 Å². The molecule has 15 heavy (non-hydrogen) atoms. The molecule has 0 unspecified atom stereocenters. The smallest absolute Gasteiger partial charge is 0.124 e. The quantitative estimate of drug-likeness (QED) is 0.804. The minimum absolute atomic E-state index is 0.125. The van der Waals surface area contributed by atoms with Crippen molar-refractivity contribution in [3.05, 3.63) is 29.1 Å². The highest BCUT2D eigenvalue weighted by Gasteiger charge is 2.13. The number of phenols is 1. The highest BCUT2D eigenvalue weighted by Crippen LogP contribution is 2.29. The lowest BCUT2D eigenvalue weighted by molar-refractivity contribution is 0.449. The van der Waals surface area contributed by atoms with Gasteiger partial charge in [-0.25, -0.2) is 4.39 Å². The fourth-order valence-corrected chi connectivity index (χ4v) is 1.62. The SMILES string of the molecule is CCCC[C@H](N)c1cc(F)cc(C)c1O. The summed E-state index contributed by atoms with van der Waals surface area (Å²) in [7, 11) is 0. The number of phenolic OH excluding ortho intramolecular Hbond substituents is 1. The van der Waals surface area contributed by atoms with Gasteiger partial charge in [0.15, 0.2) is 0 Å². The standard InChI is InChI=1S/C12H18FNO/c1-3-4-5-11(14)10-7-9(13)6-8(2)12(10)15/h6-7,11,15H,3-5,14H2,1-2H3/t11-/m0/s1. The lowest BCUT2D eigenvalue weighted by Gasteiger charge is -2.14. The maximum atomic E-state index is 13.1. The normalized spacial score (nSPS) is 12.8. The Kier molecular flexibility index (Phi) is 4.09. The molecule has 1 aromatic rings. The Morgan fingerprint density at radius 3 is 2.73 bits per heavy atom. The first-order valence-corrected chi connectivity index (χ1v) is 5.30. The van der Waals surface area contributed by atoms with Crippen LogP contribution in [0.1, 0.15) is 43.4 Å². The Bertz CT molecular complexity index is 339. The number of rotatable bonds is 4. The highest BCUT2D eigenvalue weighted by atomic mass is 19.1. The second-order valence-electron chi connectivity index (χ2n) is 3.91. The Balaban J connectivity index is 2.92. The zero-order valence-corrected chi connectivity index (χ0v) is 9.26. The topological polar surface area (TPSA) is 46.2 Å². The zero-order chi connectivity index (χ0) is 11.4. The van der Waals surface area contributed by atoms with E-state index in [1.54, 1.807) is 6.92 Å². The summed E-state index contributed by atoms with van der Waals surface area (Å²) in [6, 6.07) is 2.35. The predicted molar refractivity (Wildman–Crippen MR) is 59.3 cm³/mol. The molecule has 0 spiro atoms. The molecule has 0 fully saturated rings. The molecule has 84 valence electrons. The van der Waals surface area contributed by atoms with E-state index in [-0.39, 0.29) is 17.6 Å². The van der Waals surface area contributed by atoms with Crippen molar-refractivity contribution < 1.29 is 9.50 Å². The largest absolute Gasteiger partial charge is 0.507 e. The van der Waals surface area contributed by atoms with Crippen LogP contribution in [0.2, 0.25) is 0 Å². The van der Waals surface area contributed by atoms with E-state index < -0.39 is 0 Å². The maximum Gasteiger partial charge on any atom is 0.124 e. The molecule has 0 radical (unpaired) electrons. The van der Waals surface area contributed by atoms with Crippen molar-refractivity contribution in [2.75, 3.05) is 0 Å². The molecule has 0 aromatic heterocycles. The molecule has 0 aliphatic rings. The van der Waals surface area contributed by atoms with E-state index in [1.807, 2.05) is 0 Å². The molecule has 0 saturated heterocycles. The average molecular weight is 211 g/mol. The number of hydrogen-bond donors (Lipinski definition) is 2. The van der Waals surface area contributed by atoms with Crippen molar-refractivity contribution in [3.63, 3.8) is 0 Å². The first-order valence-electron chi connectivity index (χ1n) is 5.30. The van der Waals surface area contributed by atoms with Crippen molar-refractivity contribution in [2.24, 2.45) is 5.73 Å². The van der Waals surface area contributed by atoms with E-state index >= 15 is 0 Å². The van der Waals surface area contributed by atoms with Crippen molar-refractivity contribution in [1.29, 1.82) is 0 Å². The van der Waals surface area contributed by atoms with Crippen LogP contribution in [0.15, 0.2) is 12.1 Å².